The molecule has 2 aromatic rings. The number of carbonyl (C=O) groups is 2. The van der Waals surface area contributed by atoms with Crippen LogP contribution in [0.15, 0.2) is 49.7 Å². The predicted octanol–water partition coefficient (Wildman–Crippen LogP) is 5.74. The van der Waals surface area contributed by atoms with E-state index in [0.29, 0.717) is 30.1 Å². The van der Waals surface area contributed by atoms with Gasteiger partial charge in [0.05, 0.1) is 18.0 Å². The van der Waals surface area contributed by atoms with Crippen molar-refractivity contribution in [3.8, 4) is 11.3 Å². The van der Waals surface area contributed by atoms with E-state index < -0.39 is 25.8 Å². The van der Waals surface area contributed by atoms with E-state index in [-0.39, 0.29) is 31.4 Å². The van der Waals surface area contributed by atoms with Gasteiger partial charge in [-0.15, -0.1) is 13.2 Å². The Hall–Kier alpha value is -3.04. The highest BCUT2D eigenvalue weighted by molar-refractivity contribution is 6.76. The molecular formula is C26H36FN3O4Si. The molecule has 0 saturated heterocycles. The van der Waals surface area contributed by atoms with Gasteiger partial charge in [0.2, 0.25) is 5.91 Å². The Labute approximate surface area is 208 Å². The van der Waals surface area contributed by atoms with Gasteiger partial charge in [-0.1, -0.05) is 31.8 Å². The lowest BCUT2D eigenvalue weighted by atomic mass is 10.1. The number of esters is 1. The minimum absolute atomic E-state index is 0.0881. The fourth-order valence-electron chi connectivity index (χ4n) is 3.37. The summed E-state index contributed by atoms with van der Waals surface area (Å²) >= 11 is 0. The number of hydrogen-bond acceptors (Lipinski definition) is 5. The van der Waals surface area contributed by atoms with Gasteiger partial charge in [-0.3, -0.25) is 9.59 Å². The molecule has 1 atom stereocenters. The van der Waals surface area contributed by atoms with Crippen molar-refractivity contribution in [1.29, 1.82) is 0 Å². The molecule has 1 unspecified atom stereocenters. The number of aromatic nitrogens is 2. The van der Waals surface area contributed by atoms with Gasteiger partial charge in [0, 0.05) is 32.9 Å². The second-order valence-corrected chi connectivity index (χ2v) is 15.0. The average Bonchev–Trinajstić information content (AvgIpc) is 3.18. The third-order valence-electron chi connectivity index (χ3n) is 5.18. The molecule has 1 amide bonds. The van der Waals surface area contributed by atoms with Crippen LogP contribution in [-0.2, 0) is 25.8 Å². The molecule has 0 radical (unpaired) electrons. The maximum Gasteiger partial charge on any atom is 0.316 e. The number of nitrogens with one attached hydrogen (secondary N) is 1. The second-order valence-electron chi connectivity index (χ2n) is 9.36. The number of anilines is 1. The summed E-state index contributed by atoms with van der Waals surface area (Å²) in [6.45, 7) is 16.9. The zero-order valence-corrected chi connectivity index (χ0v) is 22.1. The van der Waals surface area contributed by atoms with Crippen molar-refractivity contribution in [1.82, 2.24) is 9.55 Å². The van der Waals surface area contributed by atoms with Crippen molar-refractivity contribution in [2.24, 2.45) is 0 Å². The molecule has 0 aliphatic carbocycles. The zero-order valence-electron chi connectivity index (χ0n) is 21.1. The molecule has 2 rings (SSSR count). The molecule has 7 nitrogen and oxygen atoms in total. The molecule has 0 bridgehead atoms. The van der Waals surface area contributed by atoms with Crippen molar-refractivity contribution in [2.45, 2.75) is 58.1 Å². The predicted molar refractivity (Wildman–Crippen MR) is 139 cm³/mol. The second kappa shape index (κ2) is 13.2. The number of hydrogen-bond donors (Lipinski definition) is 1. The number of benzene rings is 1. The van der Waals surface area contributed by atoms with Gasteiger partial charge in [-0.25, -0.2) is 9.37 Å². The third-order valence-corrected chi connectivity index (χ3v) is 6.88. The van der Waals surface area contributed by atoms with E-state index >= 15 is 0 Å². The molecule has 35 heavy (non-hydrogen) atoms. The van der Waals surface area contributed by atoms with Gasteiger partial charge in [0.25, 0.3) is 0 Å². The van der Waals surface area contributed by atoms with E-state index in [1.54, 1.807) is 29.8 Å². The van der Waals surface area contributed by atoms with E-state index in [4.69, 9.17) is 14.5 Å². The van der Waals surface area contributed by atoms with Crippen molar-refractivity contribution in [3.05, 3.63) is 61.3 Å². The Kier molecular flexibility index (Phi) is 10.6. The molecule has 0 fully saturated rings. The molecule has 1 aromatic carbocycles. The van der Waals surface area contributed by atoms with Crippen molar-refractivity contribution < 1.29 is 23.5 Å². The highest BCUT2D eigenvalue weighted by atomic mass is 28.3. The van der Waals surface area contributed by atoms with Gasteiger partial charge in [0.15, 0.2) is 0 Å². The fraction of sp³-hybridized carbons (Fsp3) is 0.423. The average molecular weight is 502 g/mol. The smallest absolute Gasteiger partial charge is 0.316 e. The van der Waals surface area contributed by atoms with Gasteiger partial charge in [-0.2, -0.15) is 0 Å². The normalized spacial score (nSPS) is 12.1. The van der Waals surface area contributed by atoms with E-state index in [2.05, 4.69) is 38.1 Å². The molecule has 0 saturated carbocycles. The molecule has 1 heterocycles. The summed E-state index contributed by atoms with van der Waals surface area (Å²) in [7, 11) is -1.28. The molecule has 190 valence electrons. The van der Waals surface area contributed by atoms with Gasteiger partial charge in [-0.05, 0) is 37.6 Å². The minimum atomic E-state index is -1.28. The van der Waals surface area contributed by atoms with Gasteiger partial charge < -0.3 is 19.4 Å². The van der Waals surface area contributed by atoms with Crippen LogP contribution in [-0.4, -0.2) is 42.7 Å². The quantitative estimate of drug-likeness (QED) is 0.154. The van der Waals surface area contributed by atoms with E-state index in [1.807, 2.05) is 0 Å². The number of amides is 1. The first-order valence-electron chi connectivity index (χ1n) is 11.7. The molecule has 0 spiro atoms. The maximum atomic E-state index is 14.0. The molecule has 1 aromatic heterocycles. The number of halogens is 1. The van der Waals surface area contributed by atoms with Crippen molar-refractivity contribution >= 4 is 25.6 Å². The van der Waals surface area contributed by atoms with Crippen LogP contribution < -0.4 is 5.32 Å². The number of carbonyl (C=O) groups excluding carboxylic acids is 2. The summed E-state index contributed by atoms with van der Waals surface area (Å²) in [5.41, 5.74) is 1.28. The Morgan fingerprint density at radius 3 is 2.63 bits per heavy atom. The van der Waals surface area contributed by atoms with Crippen LogP contribution >= 0.6 is 0 Å². The number of rotatable bonds is 14. The molecule has 1 N–H and O–H groups in total. The van der Waals surface area contributed by atoms with Crippen LogP contribution in [0.25, 0.3) is 11.3 Å². The van der Waals surface area contributed by atoms with Crippen LogP contribution in [0.4, 0.5) is 10.1 Å². The zero-order chi connectivity index (χ0) is 26.0. The lowest BCUT2D eigenvalue weighted by Gasteiger charge is -2.18. The summed E-state index contributed by atoms with van der Waals surface area (Å²) in [5.74, 6) is -1.45. The van der Waals surface area contributed by atoms with E-state index in [1.165, 1.54) is 18.2 Å². The lowest BCUT2D eigenvalue weighted by Crippen LogP contribution is -2.23. The third kappa shape index (κ3) is 8.59. The van der Waals surface area contributed by atoms with Crippen molar-refractivity contribution in [3.63, 3.8) is 0 Å². The monoisotopic (exact) mass is 501 g/mol. The van der Waals surface area contributed by atoms with Crippen LogP contribution in [0.3, 0.4) is 0 Å². The van der Waals surface area contributed by atoms with Crippen LogP contribution in [0, 0.1) is 5.82 Å². The fourth-order valence-corrected chi connectivity index (χ4v) is 4.13. The lowest BCUT2D eigenvalue weighted by molar-refractivity contribution is -0.145. The first-order chi connectivity index (χ1) is 16.6. The summed E-state index contributed by atoms with van der Waals surface area (Å²) in [6.07, 6.45) is 5.28. The standard InChI is InChI=1S/C26H36FN3O4Si/c1-7-10-21(26(32)34-9-3)25-29-23(17-30(25)18-33-14-15-35(4,5)6)20-13-12-19(27)16-22(20)28-24(31)11-8-2/h7-8,12-13,16-17,21H,1-2,9-11,14-15,18H2,3-6H3,(H,28,31). The molecule has 0 aliphatic rings. The number of allylic oxidation sites excluding steroid dienone is 1. The number of imidazole rings is 1. The molecule has 0 aliphatic heterocycles. The minimum Gasteiger partial charge on any atom is -0.465 e. The SMILES string of the molecule is C=CCC(=O)Nc1cc(F)ccc1-c1cn(COCC[Si](C)(C)C)c(C(CC=C)C(=O)OCC)n1. The molecular weight excluding hydrogens is 465 g/mol. The first-order valence-corrected chi connectivity index (χ1v) is 15.4. The largest absolute Gasteiger partial charge is 0.465 e. The van der Waals surface area contributed by atoms with Crippen LogP contribution in [0.1, 0.15) is 31.5 Å². The number of ether oxygens (including phenoxy) is 2. The summed E-state index contributed by atoms with van der Waals surface area (Å²) < 4.78 is 27.0. The first kappa shape index (κ1) is 28.2. The Morgan fingerprint density at radius 1 is 1.26 bits per heavy atom. The molecule has 9 heteroatoms. The highest BCUT2D eigenvalue weighted by Crippen LogP contribution is 2.31. The van der Waals surface area contributed by atoms with Gasteiger partial charge in [0.1, 0.15) is 24.3 Å². The van der Waals surface area contributed by atoms with Crippen molar-refractivity contribution in [2.75, 3.05) is 18.5 Å². The van der Waals surface area contributed by atoms with E-state index in [9.17, 15) is 14.0 Å². The van der Waals surface area contributed by atoms with Crippen LogP contribution in [0.2, 0.25) is 25.7 Å². The summed E-state index contributed by atoms with van der Waals surface area (Å²) in [6, 6.07) is 5.09. The highest BCUT2D eigenvalue weighted by Gasteiger charge is 2.27. The topological polar surface area (TPSA) is 82.5 Å². The Morgan fingerprint density at radius 2 is 2.00 bits per heavy atom. The summed E-state index contributed by atoms with van der Waals surface area (Å²) in [5, 5.41) is 2.71. The summed E-state index contributed by atoms with van der Waals surface area (Å²) in [4.78, 5) is 29.6. The Bertz CT molecular complexity index is 1050. The van der Waals surface area contributed by atoms with Gasteiger partial charge >= 0.3 is 5.97 Å². The van der Waals surface area contributed by atoms with Crippen LogP contribution in [0.5, 0.6) is 0 Å². The van der Waals surface area contributed by atoms with E-state index in [0.717, 1.165) is 6.04 Å². The number of nitrogens with zero attached hydrogens (tertiary/aromatic N) is 2. The Balaban J connectivity index is 2.49. The maximum absolute atomic E-state index is 14.0.